The monoisotopic (exact) mass is 404 g/mol. The summed E-state index contributed by atoms with van der Waals surface area (Å²) in [5.74, 6) is 0. The highest BCUT2D eigenvalue weighted by Crippen LogP contribution is 2.12. The van der Waals surface area contributed by atoms with Crippen molar-refractivity contribution in [1.29, 1.82) is 0 Å². The molecule has 0 aromatic carbocycles. The molecule has 0 aliphatic heterocycles. The first-order valence-electron chi connectivity index (χ1n) is 3.80. The van der Waals surface area contributed by atoms with Crippen molar-refractivity contribution in [3.63, 3.8) is 0 Å². The quantitative estimate of drug-likeness (QED) is 0.395. The molecule has 13 heavy (non-hydrogen) atoms. The van der Waals surface area contributed by atoms with Crippen molar-refractivity contribution in [3.8, 4) is 0 Å². The Balaban J connectivity index is 4.33. The minimum Gasteiger partial charge on any atom is -0.341 e. The molecule has 0 aliphatic carbocycles. The van der Waals surface area contributed by atoms with Crippen LogP contribution in [0.25, 0.3) is 0 Å². The Hall–Kier alpha value is 0.665. The van der Waals surface area contributed by atoms with E-state index in [0.717, 1.165) is 5.47 Å². The van der Waals surface area contributed by atoms with Gasteiger partial charge < -0.3 is 5.97 Å². The van der Waals surface area contributed by atoms with Gasteiger partial charge in [-0.3, -0.25) is 0 Å². The lowest BCUT2D eigenvalue weighted by molar-refractivity contribution is 0.590. The summed E-state index contributed by atoms with van der Waals surface area (Å²) < 4.78 is 10.2. The van der Waals surface area contributed by atoms with E-state index in [9.17, 15) is 0 Å². The summed E-state index contributed by atoms with van der Waals surface area (Å²) in [6, 6.07) is 0. The van der Waals surface area contributed by atoms with Crippen molar-refractivity contribution >= 4 is 53.1 Å². The van der Waals surface area contributed by atoms with E-state index in [4.69, 9.17) is 5.97 Å². The molecule has 0 unspecified atom stereocenters. The molecule has 0 rings (SSSR count). The molecule has 0 N–H and O–H groups in total. The molecule has 0 bridgehead atoms. The van der Waals surface area contributed by atoms with E-state index >= 15 is 0 Å². The number of allylic oxidation sites excluding steroid dienone is 6. The summed E-state index contributed by atoms with van der Waals surface area (Å²) in [5, 5.41) is 0. The Labute approximate surface area is 108 Å². The second-order valence-electron chi connectivity index (χ2n) is 2.18. The molecule has 0 spiro atoms. The molecule has 0 aromatic heterocycles. The van der Waals surface area contributed by atoms with Gasteiger partial charge in [0.1, 0.15) is 0 Å². The van der Waals surface area contributed by atoms with Gasteiger partial charge in [-0.1, -0.05) is 30.4 Å². The van der Waals surface area contributed by atoms with E-state index in [0.29, 0.717) is 0 Å². The standard InChI is InChI=1S/C8H11BI2O2/c1-3-5-6-7-8(4-2)9(12-10)13-11/h3-7H,1-2H3/b5-3-,7-6-,8-4+. The summed E-state index contributed by atoms with van der Waals surface area (Å²) in [5.41, 5.74) is 1.00. The van der Waals surface area contributed by atoms with Gasteiger partial charge in [-0.25, -0.2) is 0 Å². The van der Waals surface area contributed by atoms with Gasteiger partial charge in [0.2, 0.25) is 0 Å². The molecule has 0 saturated carbocycles. The average molecular weight is 404 g/mol. The third-order valence-electron chi connectivity index (χ3n) is 1.36. The average Bonchev–Trinajstić information content (AvgIpc) is 2.17. The molecule has 0 atom stereocenters. The van der Waals surface area contributed by atoms with E-state index in [1.54, 1.807) is 0 Å². The topological polar surface area (TPSA) is 18.5 Å². The van der Waals surface area contributed by atoms with Gasteiger partial charge in [-0.2, -0.15) is 0 Å². The summed E-state index contributed by atoms with van der Waals surface area (Å²) in [7, 11) is -0.298. The molecule has 0 heterocycles. The van der Waals surface area contributed by atoms with Crippen LogP contribution < -0.4 is 0 Å². The Morgan fingerprint density at radius 3 is 2.15 bits per heavy atom. The minimum atomic E-state index is -0.298. The number of hydrogen-bond donors (Lipinski definition) is 0. The number of hydrogen-bond acceptors (Lipinski definition) is 2. The van der Waals surface area contributed by atoms with Crippen LogP contribution in [-0.4, -0.2) is 7.12 Å². The predicted molar refractivity (Wildman–Crippen MR) is 73.7 cm³/mol. The zero-order valence-electron chi connectivity index (χ0n) is 7.54. The second kappa shape index (κ2) is 9.23. The van der Waals surface area contributed by atoms with Gasteiger partial charge >= 0.3 is 7.12 Å². The van der Waals surface area contributed by atoms with Crippen LogP contribution in [0, 0.1) is 0 Å². The molecule has 0 radical (unpaired) electrons. The number of halogens is 2. The molecule has 0 saturated heterocycles. The summed E-state index contributed by atoms with van der Waals surface area (Å²) in [6.45, 7) is 3.93. The molecular formula is C8H11BI2O2. The van der Waals surface area contributed by atoms with E-state index in [1.807, 2.05) is 90.2 Å². The Morgan fingerprint density at radius 2 is 1.77 bits per heavy atom. The second-order valence-corrected chi connectivity index (χ2v) is 3.20. The lowest BCUT2D eigenvalue weighted by atomic mass is 9.79. The Morgan fingerprint density at radius 1 is 1.15 bits per heavy atom. The van der Waals surface area contributed by atoms with Crippen LogP contribution in [0.3, 0.4) is 0 Å². The third kappa shape index (κ3) is 5.87. The van der Waals surface area contributed by atoms with E-state index in [2.05, 4.69) is 0 Å². The Bertz CT molecular complexity index is 210. The van der Waals surface area contributed by atoms with E-state index < -0.39 is 0 Å². The summed E-state index contributed by atoms with van der Waals surface area (Å²) in [4.78, 5) is 0. The van der Waals surface area contributed by atoms with Crippen LogP contribution >= 0.6 is 46.0 Å². The van der Waals surface area contributed by atoms with Gasteiger partial charge in [0, 0.05) is 0 Å². The molecule has 2 nitrogen and oxygen atoms in total. The zero-order chi connectivity index (χ0) is 10.1. The highest BCUT2D eigenvalue weighted by molar-refractivity contribution is 14.1. The summed E-state index contributed by atoms with van der Waals surface area (Å²) >= 11 is 3.65. The fourth-order valence-electron chi connectivity index (χ4n) is 0.705. The van der Waals surface area contributed by atoms with Crippen LogP contribution in [0.2, 0.25) is 0 Å². The molecule has 72 valence electrons. The highest BCUT2D eigenvalue weighted by atomic mass is 127. The van der Waals surface area contributed by atoms with Crippen molar-refractivity contribution in [3.05, 3.63) is 35.9 Å². The van der Waals surface area contributed by atoms with Crippen molar-refractivity contribution < 1.29 is 5.97 Å². The van der Waals surface area contributed by atoms with Crippen LogP contribution in [0.1, 0.15) is 13.8 Å². The van der Waals surface area contributed by atoms with E-state index in [1.165, 1.54) is 0 Å². The fraction of sp³-hybridized carbons (Fsp3) is 0.250. The minimum absolute atomic E-state index is 0.298. The van der Waals surface area contributed by atoms with Crippen molar-refractivity contribution in [2.24, 2.45) is 0 Å². The smallest absolute Gasteiger partial charge is 0.341 e. The van der Waals surface area contributed by atoms with Gasteiger partial charge in [0.05, 0.1) is 46.0 Å². The number of rotatable bonds is 5. The van der Waals surface area contributed by atoms with Crippen LogP contribution in [-0.2, 0) is 5.97 Å². The fourth-order valence-corrected chi connectivity index (χ4v) is 1.90. The van der Waals surface area contributed by atoms with Crippen LogP contribution in [0.15, 0.2) is 35.9 Å². The molecule has 0 amide bonds. The van der Waals surface area contributed by atoms with Crippen LogP contribution in [0.4, 0.5) is 0 Å². The van der Waals surface area contributed by atoms with Crippen molar-refractivity contribution in [2.75, 3.05) is 0 Å². The maximum atomic E-state index is 5.08. The van der Waals surface area contributed by atoms with Gasteiger partial charge in [0.25, 0.3) is 0 Å². The summed E-state index contributed by atoms with van der Waals surface area (Å²) in [6.07, 6.45) is 9.80. The maximum absolute atomic E-state index is 5.08. The third-order valence-corrected chi connectivity index (χ3v) is 2.28. The Kier molecular flexibility index (Phi) is 9.70. The first-order valence-corrected chi connectivity index (χ1v) is 5.56. The molecule has 5 heteroatoms. The highest BCUT2D eigenvalue weighted by Gasteiger charge is 2.19. The molecule has 0 aliphatic rings. The van der Waals surface area contributed by atoms with E-state index in [-0.39, 0.29) is 7.12 Å². The lowest BCUT2D eigenvalue weighted by Crippen LogP contribution is -2.16. The molecule has 0 aromatic rings. The van der Waals surface area contributed by atoms with Gasteiger partial charge in [-0.15, -0.1) is 0 Å². The SMILES string of the molecule is C\C=C/C=C\C(=C/C)B(OI)OI. The first kappa shape index (κ1) is 13.7. The zero-order valence-corrected chi connectivity index (χ0v) is 11.9. The van der Waals surface area contributed by atoms with Crippen molar-refractivity contribution in [1.82, 2.24) is 0 Å². The van der Waals surface area contributed by atoms with Crippen molar-refractivity contribution in [2.45, 2.75) is 13.8 Å². The van der Waals surface area contributed by atoms with Gasteiger partial charge in [0.15, 0.2) is 0 Å². The van der Waals surface area contributed by atoms with Gasteiger partial charge in [-0.05, 0) is 19.3 Å². The predicted octanol–water partition coefficient (Wildman–Crippen LogP) is 3.83. The van der Waals surface area contributed by atoms with Crippen LogP contribution in [0.5, 0.6) is 0 Å². The molecule has 0 fully saturated rings. The normalized spacial score (nSPS) is 13.1. The largest absolute Gasteiger partial charge is 0.512 e. The first-order chi connectivity index (χ1) is 6.29. The maximum Gasteiger partial charge on any atom is 0.512 e. The molecular weight excluding hydrogens is 393 g/mol. The lowest BCUT2D eigenvalue weighted by Gasteiger charge is -2.04.